The third kappa shape index (κ3) is 2.39. The number of phenols is 1. The fourth-order valence-corrected chi connectivity index (χ4v) is 1.77. The van der Waals surface area contributed by atoms with Crippen LogP contribution in [-0.4, -0.2) is 23.3 Å². The van der Waals surface area contributed by atoms with Crippen molar-refractivity contribution < 1.29 is 9.84 Å². The van der Waals surface area contributed by atoms with Crippen molar-refractivity contribution in [2.45, 2.75) is 6.17 Å². The zero-order chi connectivity index (χ0) is 12.4. The highest BCUT2D eigenvalue weighted by molar-refractivity contribution is 7.80. The fraction of sp³-hybridized carbons (Fsp3) is 0.200. The average molecular weight is 252 g/mol. The van der Waals surface area contributed by atoms with E-state index in [1.165, 1.54) is 13.2 Å². The molecule has 2 rings (SSSR count). The molecule has 0 fully saturated rings. The summed E-state index contributed by atoms with van der Waals surface area (Å²) in [5, 5.41) is 15.4. The SMILES string of the molecule is COc1cc(O)ccc1[C@H]1N=C(N)NC(=S)N1. The standard InChI is InChI=1S/C10H12N4O2S/c1-16-7-4-5(15)2-3-6(7)8-12-9(11)14-10(17)13-8/h2-4,8,15H,1H3,(H4,11,12,13,14,17)/t8-/m0/s1. The molecule has 1 aromatic rings. The summed E-state index contributed by atoms with van der Waals surface area (Å²) in [6.07, 6.45) is -0.417. The van der Waals surface area contributed by atoms with Crippen molar-refractivity contribution in [3.63, 3.8) is 0 Å². The van der Waals surface area contributed by atoms with Crippen LogP contribution in [0.25, 0.3) is 0 Å². The second kappa shape index (κ2) is 4.46. The second-order valence-corrected chi connectivity index (χ2v) is 3.85. The van der Waals surface area contributed by atoms with Gasteiger partial charge in [0, 0.05) is 11.6 Å². The Morgan fingerprint density at radius 3 is 2.94 bits per heavy atom. The summed E-state index contributed by atoms with van der Waals surface area (Å²) in [7, 11) is 1.52. The number of thiocarbonyl (C=S) groups is 1. The molecule has 6 nitrogen and oxygen atoms in total. The number of nitrogens with two attached hydrogens (primary N) is 1. The lowest BCUT2D eigenvalue weighted by Crippen LogP contribution is -2.49. The number of hydrogen-bond donors (Lipinski definition) is 4. The number of benzene rings is 1. The maximum Gasteiger partial charge on any atom is 0.197 e. The minimum atomic E-state index is -0.417. The van der Waals surface area contributed by atoms with Crippen molar-refractivity contribution in [1.82, 2.24) is 10.6 Å². The molecule has 0 radical (unpaired) electrons. The molecule has 0 aliphatic carbocycles. The molecular weight excluding hydrogens is 240 g/mol. The largest absolute Gasteiger partial charge is 0.508 e. The molecule has 1 atom stereocenters. The normalized spacial score (nSPS) is 19.0. The first-order valence-electron chi connectivity index (χ1n) is 4.88. The van der Waals surface area contributed by atoms with Gasteiger partial charge in [-0.3, -0.25) is 0 Å². The number of hydrogen-bond acceptors (Lipinski definition) is 5. The molecule has 0 saturated carbocycles. The molecule has 0 aromatic heterocycles. The van der Waals surface area contributed by atoms with Crippen LogP contribution in [0.4, 0.5) is 0 Å². The molecule has 0 spiro atoms. The Hall–Kier alpha value is -2.02. The zero-order valence-electron chi connectivity index (χ0n) is 9.10. The summed E-state index contributed by atoms with van der Waals surface area (Å²) in [6.45, 7) is 0. The van der Waals surface area contributed by atoms with E-state index < -0.39 is 6.17 Å². The molecule has 90 valence electrons. The lowest BCUT2D eigenvalue weighted by atomic mass is 10.1. The van der Waals surface area contributed by atoms with Crippen molar-refractivity contribution >= 4 is 23.3 Å². The molecule has 0 bridgehead atoms. The van der Waals surface area contributed by atoms with E-state index >= 15 is 0 Å². The smallest absolute Gasteiger partial charge is 0.197 e. The highest BCUT2D eigenvalue weighted by atomic mass is 32.1. The molecule has 1 aromatic carbocycles. The Balaban J connectivity index is 2.40. The predicted molar refractivity (Wildman–Crippen MR) is 67.9 cm³/mol. The fourth-order valence-electron chi connectivity index (χ4n) is 1.55. The first-order valence-corrected chi connectivity index (χ1v) is 5.28. The van der Waals surface area contributed by atoms with Gasteiger partial charge in [-0.2, -0.15) is 0 Å². The van der Waals surface area contributed by atoms with Gasteiger partial charge < -0.3 is 26.2 Å². The Kier molecular flexibility index (Phi) is 3.01. The molecule has 1 heterocycles. The minimum absolute atomic E-state index is 0.124. The van der Waals surface area contributed by atoms with Crippen LogP contribution in [0.3, 0.4) is 0 Å². The molecule has 1 aliphatic rings. The third-order valence-electron chi connectivity index (χ3n) is 2.29. The summed E-state index contributed by atoms with van der Waals surface area (Å²) < 4.78 is 5.18. The van der Waals surface area contributed by atoms with E-state index in [1.54, 1.807) is 12.1 Å². The monoisotopic (exact) mass is 252 g/mol. The molecule has 17 heavy (non-hydrogen) atoms. The molecular formula is C10H12N4O2S. The first-order chi connectivity index (χ1) is 8.10. The maximum absolute atomic E-state index is 9.37. The number of aliphatic imine (C=N–C) groups is 1. The number of nitrogens with zero attached hydrogens (tertiary/aromatic N) is 1. The van der Waals surface area contributed by atoms with Gasteiger partial charge in [0.25, 0.3) is 0 Å². The molecule has 1 aliphatic heterocycles. The third-order valence-corrected chi connectivity index (χ3v) is 2.51. The number of guanidine groups is 1. The van der Waals surface area contributed by atoms with Crippen LogP contribution in [0.1, 0.15) is 11.7 Å². The Morgan fingerprint density at radius 2 is 2.29 bits per heavy atom. The lowest BCUT2D eigenvalue weighted by molar-refractivity contribution is 0.397. The summed E-state index contributed by atoms with van der Waals surface area (Å²) >= 11 is 4.99. The van der Waals surface area contributed by atoms with E-state index in [9.17, 15) is 5.11 Å². The van der Waals surface area contributed by atoms with Crippen molar-refractivity contribution in [2.24, 2.45) is 10.7 Å². The van der Waals surface area contributed by atoms with E-state index in [0.717, 1.165) is 5.56 Å². The summed E-state index contributed by atoms with van der Waals surface area (Å²) in [5.41, 5.74) is 6.34. The van der Waals surface area contributed by atoms with Crippen LogP contribution in [0.15, 0.2) is 23.2 Å². The van der Waals surface area contributed by atoms with Crippen molar-refractivity contribution in [2.75, 3.05) is 7.11 Å². The van der Waals surface area contributed by atoms with Gasteiger partial charge >= 0.3 is 0 Å². The number of ether oxygens (including phenoxy) is 1. The Morgan fingerprint density at radius 1 is 1.53 bits per heavy atom. The first kappa shape index (κ1) is 11.5. The average Bonchev–Trinajstić information content (AvgIpc) is 2.27. The van der Waals surface area contributed by atoms with Crippen LogP contribution in [0.5, 0.6) is 11.5 Å². The van der Waals surface area contributed by atoms with Gasteiger partial charge in [-0.25, -0.2) is 4.99 Å². The van der Waals surface area contributed by atoms with Crippen LogP contribution < -0.4 is 21.1 Å². The number of rotatable bonds is 2. The predicted octanol–water partition coefficient (Wildman–Crippen LogP) is 0.192. The minimum Gasteiger partial charge on any atom is -0.508 e. The van der Waals surface area contributed by atoms with Crippen molar-refractivity contribution in [3.8, 4) is 11.5 Å². The van der Waals surface area contributed by atoms with E-state index in [4.69, 9.17) is 22.7 Å². The van der Waals surface area contributed by atoms with Gasteiger partial charge in [-0.1, -0.05) is 0 Å². The van der Waals surface area contributed by atoms with Gasteiger partial charge in [0.05, 0.1) is 7.11 Å². The molecule has 0 saturated heterocycles. The molecule has 5 N–H and O–H groups in total. The van der Waals surface area contributed by atoms with Gasteiger partial charge in [-0.15, -0.1) is 0 Å². The maximum atomic E-state index is 9.37. The summed E-state index contributed by atoms with van der Waals surface area (Å²) in [4.78, 5) is 4.16. The number of aromatic hydroxyl groups is 1. The topological polar surface area (TPSA) is 91.9 Å². The number of methoxy groups -OCH3 is 1. The van der Waals surface area contributed by atoms with Crippen LogP contribution >= 0.6 is 12.2 Å². The van der Waals surface area contributed by atoms with E-state index in [-0.39, 0.29) is 11.7 Å². The van der Waals surface area contributed by atoms with Crippen molar-refractivity contribution in [3.05, 3.63) is 23.8 Å². The van der Waals surface area contributed by atoms with E-state index in [0.29, 0.717) is 10.9 Å². The highest BCUT2D eigenvalue weighted by Crippen LogP contribution is 2.30. The quantitative estimate of drug-likeness (QED) is 0.562. The zero-order valence-corrected chi connectivity index (χ0v) is 9.91. The van der Waals surface area contributed by atoms with Crippen molar-refractivity contribution in [1.29, 1.82) is 0 Å². The second-order valence-electron chi connectivity index (χ2n) is 3.44. The van der Waals surface area contributed by atoms with Crippen LogP contribution in [0, 0.1) is 0 Å². The summed E-state index contributed by atoms with van der Waals surface area (Å²) in [5.74, 6) is 0.886. The van der Waals surface area contributed by atoms with E-state index in [1.807, 2.05) is 0 Å². The Bertz CT molecular complexity index is 489. The lowest BCUT2D eigenvalue weighted by Gasteiger charge is -2.24. The van der Waals surface area contributed by atoms with Crippen LogP contribution in [0.2, 0.25) is 0 Å². The molecule has 0 unspecified atom stereocenters. The molecule has 7 heteroatoms. The molecule has 0 amide bonds. The van der Waals surface area contributed by atoms with Gasteiger partial charge in [-0.05, 0) is 24.4 Å². The summed E-state index contributed by atoms with van der Waals surface area (Å²) in [6, 6.07) is 4.76. The Labute approximate surface area is 103 Å². The van der Waals surface area contributed by atoms with Gasteiger partial charge in [0.15, 0.2) is 17.2 Å². The number of nitrogens with one attached hydrogen (secondary N) is 2. The van der Waals surface area contributed by atoms with E-state index in [2.05, 4.69) is 15.6 Å². The highest BCUT2D eigenvalue weighted by Gasteiger charge is 2.20. The van der Waals surface area contributed by atoms with Crippen LogP contribution in [-0.2, 0) is 0 Å². The van der Waals surface area contributed by atoms with Gasteiger partial charge in [0.1, 0.15) is 11.5 Å². The van der Waals surface area contributed by atoms with Gasteiger partial charge in [0.2, 0.25) is 0 Å². The number of phenolic OH excluding ortho intramolecular Hbond substituents is 1.